The highest BCUT2D eigenvalue weighted by Crippen LogP contribution is 2.40. The zero-order valence-corrected chi connectivity index (χ0v) is 23.9. The van der Waals surface area contributed by atoms with E-state index in [1.165, 1.54) is 35.3 Å². The van der Waals surface area contributed by atoms with Crippen LogP contribution in [0.25, 0.3) is 16.2 Å². The maximum Gasteiger partial charge on any atom is 0.302 e. The minimum absolute atomic E-state index is 0.233. The summed E-state index contributed by atoms with van der Waals surface area (Å²) in [5.74, 6) is 0.895. The van der Waals surface area contributed by atoms with E-state index in [1.807, 2.05) is 0 Å². The second-order valence-corrected chi connectivity index (χ2v) is 11.5. The number of thiazole rings is 2. The van der Waals surface area contributed by atoms with E-state index in [0.29, 0.717) is 29.6 Å². The molecule has 1 aliphatic rings. The molecule has 11 heteroatoms. The molecule has 1 saturated heterocycles. The van der Waals surface area contributed by atoms with Crippen LogP contribution in [0.3, 0.4) is 0 Å². The summed E-state index contributed by atoms with van der Waals surface area (Å²) in [6.45, 7) is 9.44. The number of likely N-dealkylation sites (tertiary alicyclic amines) is 1. The highest BCUT2D eigenvalue weighted by atomic mass is 32.1. The summed E-state index contributed by atoms with van der Waals surface area (Å²) in [7, 11) is 0. The SMILES string of the molecule is CCc1nc2sc(C3CCN(CCOC(C)=O)CC3)cn2c1N(CC)c1nc(-c2ccc(F)cc2)c(C#N)s1. The van der Waals surface area contributed by atoms with Gasteiger partial charge in [0.15, 0.2) is 10.1 Å². The predicted molar refractivity (Wildman–Crippen MR) is 152 cm³/mol. The largest absolute Gasteiger partial charge is 0.465 e. The Balaban J connectivity index is 1.41. The molecule has 0 radical (unpaired) electrons. The van der Waals surface area contributed by atoms with Crippen molar-refractivity contribution >= 4 is 44.6 Å². The first-order valence-electron chi connectivity index (χ1n) is 13.2. The van der Waals surface area contributed by atoms with Crippen molar-refractivity contribution in [3.63, 3.8) is 0 Å². The number of imidazole rings is 1. The standard InChI is InChI=1S/C28H31FN6O2S2/c1-4-22-26(34(5-2)28-32-25(23(16-30)38-28)20-6-8-21(29)9-7-20)35-17-24(39-27(35)31-22)19-10-12-33(13-11-19)14-15-37-18(3)36/h6-9,17,19H,4-5,10-15H2,1-3H3. The number of benzene rings is 1. The van der Waals surface area contributed by atoms with Gasteiger partial charge in [-0.1, -0.05) is 18.3 Å². The molecule has 0 spiro atoms. The lowest BCUT2D eigenvalue weighted by molar-refractivity contribution is -0.141. The average molecular weight is 567 g/mol. The van der Waals surface area contributed by atoms with Gasteiger partial charge in [-0.15, -0.1) is 11.3 Å². The van der Waals surface area contributed by atoms with Gasteiger partial charge in [0.25, 0.3) is 0 Å². The monoisotopic (exact) mass is 566 g/mol. The number of halogens is 1. The summed E-state index contributed by atoms with van der Waals surface area (Å²) in [5, 5.41) is 10.6. The Morgan fingerprint density at radius 2 is 1.95 bits per heavy atom. The fourth-order valence-electron chi connectivity index (χ4n) is 5.05. The van der Waals surface area contributed by atoms with E-state index in [9.17, 15) is 14.4 Å². The van der Waals surface area contributed by atoms with Crippen molar-refractivity contribution < 1.29 is 13.9 Å². The Hall–Kier alpha value is -3.33. The van der Waals surface area contributed by atoms with Crippen molar-refractivity contribution in [3.8, 4) is 17.3 Å². The third kappa shape index (κ3) is 5.69. The minimum Gasteiger partial charge on any atom is -0.465 e. The van der Waals surface area contributed by atoms with Crippen molar-refractivity contribution in [2.45, 2.75) is 46.0 Å². The summed E-state index contributed by atoms with van der Waals surface area (Å²) in [5.41, 5.74) is 2.28. The first-order chi connectivity index (χ1) is 18.9. The molecule has 3 aromatic heterocycles. The Kier molecular flexibility index (Phi) is 8.26. The molecular formula is C28H31FN6O2S2. The quantitative estimate of drug-likeness (QED) is 0.230. The molecule has 4 heterocycles. The van der Waals surface area contributed by atoms with E-state index in [-0.39, 0.29) is 11.8 Å². The van der Waals surface area contributed by atoms with Crippen LogP contribution in [0.15, 0.2) is 30.5 Å². The fourth-order valence-corrected chi connectivity index (χ4v) is 7.16. The average Bonchev–Trinajstić information content (AvgIpc) is 3.63. The van der Waals surface area contributed by atoms with Gasteiger partial charge in [0.05, 0.1) is 5.69 Å². The number of hydrogen-bond donors (Lipinski definition) is 0. The van der Waals surface area contributed by atoms with Gasteiger partial charge in [-0.25, -0.2) is 14.4 Å². The van der Waals surface area contributed by atoms with Gasteiger partial charge >= 0.3 is 5.97 Å². The van der Waals surface area contributed by atoms with Gasteiger partial charge in [-0.05, 0) is 69.5 Å². The van der Waals surface area contributed by atoms with Gasteiger partial charge in [0, 0.05) is 36.7 Å². The van der Waals surface area contributed by atoms with E-state index < -0.39 is 0 Å². The van der Waals surface area contributed by atoms with Gasteiger partial charge < -0.3 is 9.64 Å². The Bertz CT molecular complexity index is 1490. The molecule has 0 atom stereocenters. The van der Waals surface area contributed by atoms with Gasteiger partial charge in [-0.3, -0.25) is 14.1 Å². The number of ether oxygens (including phenoxy) is 1. The number of aryl methyl sites for hydroxylation is 1. The number of aromatic nitrogens is 3. The number of esters is 1. The molecule has 0 aliphatic carbocycles. The Morgan fingerprint density at radius 3 is 2.59 bits per heavy atom. The van der Waals surface area contributed by atoms with Gasteiger partial charge in [0.2, 0.25) is 0 Å². The molecule has 204 valence electrons. The third-order valence-electron chi connectivity index (χ3n) is 7.06. The smallest absolute Gasteiger partial charge is 0.302 e. The van der Waals surface area contributed by atoms with Crippen molar-refractivity contribution in [2.24, 2.45) is 0 Å². The molecular weight excluding hydrogens is 535 g/mol. The molecule has 4 aromatic rings. The number of carbonyl (C=O) groups excluding carboxylic acids is 1. The number of nitrogens with zero attached hydrogens (tertiary/aromatic N) is 6. The number of carbonyl (C=O) groups is 1. The number of hydrogen-bond acceptors (Lipinski definition) is 9. The molecule has 1 aliphatic heterocycles. The highest BCUT2D eigenvalue weighted by Gasteiger charge is 2.27. The maximum atomic E-state index is 13.5. The van der Waals surface area contributed by atoms with E-state index in [0.717, 1.165) is 66.1 Å². The lowest BCUT2D eigenvalue weighted by Crippen LogP contribution is -2.35. The molecule has 39 heavy (non-hydrogen) atoms. The van der Waals surface area contributed by atoms with Crippen LogP contribution in [-0.2, 0) is 16.0 Å². The lowest BCUT2D eigenvalue weighted by Gasteiger charge is -2.31. The van der Waals surface area contributed by atoms with Crippen LogP contribution < -0.4 is 4.90 Å². The van der Waals surface area contributed by atoms with Crippen molar-refractivity contribution in [1.29, 1.82) is 5.26 Å². The van der Waals surface area contributed by atoms with Crippen molar-refractivity contribution in [1.82, 2.24) is 19.3 Å². The first-order valence-corrected chi connectivity index (χ1v) is 14.9. The maximum absolute atomic E-state index is 13.5. The fraction of sp³-hybridized carbons (Fsp3) is 0.429. The van der Waals surface area contributed by atoms with E-state index in [2.05, 4.69) is 40.3 Å². The Morgan fingerprint density at radius 1 is 1.21 bits per heavy atom. The summed E-state index contributed by atoms with van der Waals surface area (Å²) in [4.78, 5) is 28.1. The second-order valence-electron chi connectivity index (χ2n) is 9.51. The summed E-state index contributed by atoms with van der Waals surface area (Å²) in [6, 6.07) is 8.37. The molecule has 0 N–H and O–H groups in total. The zero-order valence-electron chi connectivity index (χ0n) is 22.3. The summed E-state index contributed by atoms with van der Waals surface area (Å²) >= 11 is 3.09. The molecule has 0 bridgehead atoms. The summed E-state index contributed by atoms with van der Waals surface area (Å²) in [6.07, 6.45) is 5.10. The number of nitriles is 1. The van der Waals surface area contributed by atoms with Crippen LogP contribution >= 0.6 is 22.7 Å². The predicted octanol–water partition coefficient (Wildman–Crippen LogP) is 5.99. The zero-order chi connectivity index (χ0) is 27.5. The van der Waals surface area contributed by atoms with Crippen LogP contribution in [0.5, 0.6) is 0 Å². The van der Waals surface area contributed by atoms with Gasteiger partial charge in [-0.2, -0.15) is 5.26 Å². The highest BCUT2D eigenvalue weighted by molar-refractivity contribution is 7.17. The summed E-state index contributed by atoms with van der Waals surface area (Å²) < 4.78 is 20.8. The molecule has 1 fully saturated rings. The van der Waals surface area contributed by atoms with Crippen LogP contribution in [0.1, 0.15) is 55.0 Å². The van der Waals surface area contributed by atoms with Crippen LogP contribution in [-0.4, -0.2) is 58.0 Å². The second kappa shape index (κ2) is 11.8. The van der Waals surface area contributed by atoms with Crippen molar-refractivity contribution in [2.75, 3.05) is 37.7 Å². The number of piperidine rings is 1. The number of fused-ring (bicyclic) bond motifs is 1. The lowest BCUT2D eigenvalue weighted by atomic mass is 9.96. The molecule has 5 rings (SSSR count). The molecule has 0 saturated carbocycles. The molecule has 1 aromatic carbocycles. The van der Waals surface area contributed by atoms with E-state index in [1.54, 1.807) is 23.5 Å². The first kappa shape index (κ1) is 27.2. The number of rotatable bonds is 9. The van der Waals surface area contributed by atoms with Crippen LogP contribution in [0, 0.1) is 17.1 Å². The van der Waals surface area contributed by atoms with E-state index in [4.69, 9.17) is 14.7 Å². The van der Waals surface area contributed by atoms with Gasteiger partial charge in [0.1, 0.15) is 34.9 Å². The van der Waals surface area contributed by atoms with Crippen molar-refractivity contribution in [3.05, 3.63) is 51.7 Å². The van der Waals surface area contributed by atoms with Crippen LogP contribution in [0.2, 0.25) is 0 Å². The Labute approximate surface area is 235 Å². The number of anilines is 2. The van der Waals surface area contributed by atoms with E-state index >= 15 is 0 Å². The molecule has 8 nitrogen and oxygen atoms in total. The third-order valence-corrected chi connectivity index (χ3v) is 9.19. The minimum atomic E-state index is -0.321. The molecule has 0 amide bonds. The topological polar surface area (TPSA) is 86.8 Å². The van der Waals surface area contributed by atoms with Crippen LogP contribution in [0.4, 0.5) is 15.3 Å². The molecule has 0 unspecified atom stereocenters. The normalized spacial score (nSPS) is 14.5.